The molecular formula is C56H37F3N2O2. The highest BCUT2D eigenvalue weighted by atomic mass is 19.4. The van der Waals surface area contributed by atoms with Gasteiger partial charge in [-0.1, -0.05) is 140 Å². The Morgan fingerprint density at radius 1 is 0.365 bits per heavy atom. The van der Waals surface area contributed by atoms with Crippen LogP contribution in [0, 0.1) is 0 Å². The summed E-state index contributed by atoms with van der Waals surface area (Å²) in [4.78, 5) is 4.70. The van der Waals surface area contributed by atoms with E-state index in [4.69, 9.17) is 0 Å². The summed E-state index contributed by atoms with van der Waals surface area (Å²) in [6.07, 6.45) is -4.75. The number of hydrogen-bond donors (Lipinski definition) is 1. The molecule has 4 nitrogen and oxygen atoms in total. The number of aromatic hydroxyl groups is 1. The van der Waals surface area contributed by atoms with Crippen LogP contribution in [0.15, 0.2) is 218 Å². The predicted octanol–water partition coefficient (Wildman–Crippen LogP) is 15.2. The molecule has 0 atom stereocenters. The molecule has 1 N–H and O–H groups in total. The Morgan fingerprint density at radius 2 is 0.730 bits per heavy atom. The first-order chi connectivity index (χ1) is 30.8. The fraction of sp³-hybridized carbons (Fsp3) is 0.0357. The van der Waals surface area contributed by atoms with Crippen molar-refractivity contribution in [2.75, 3.05) is 9.80 Å². The van der Waals surface area contributed by atoms with E-state index in [-0.39, 0.29) is 11.5 Å². The third-order valence-electron chi connectivity index (χ3n) is 12.3. The number of phenolic OH excluding ortho intramolecular Hbond substituents is 1. The lowest BCUT2D eigenvalue weighted by Gasteiger charge is -2.51. The molecule has 0 saturated carbocycles. The summed E-state index contributed by atoms with van der Waals surface area (Å²) in [5.74, 6) is -0.0232. The van der Waals surface area contributed by atoms with Crippen LogP contribution in [0.3, 0.4) is 0 Å². The zero-order valence-corrected chi connectivity index (χ0v) is 33.7. The van der Waals surface area contributed by atoms with Gasteiger partial charge < -0.3 is 19.6 Å². The van der Waals surface area contributed by atoms with Crippen LogP contribution in [0.5, 0.6) is 11.5 Å². The van der Waals surface area contributed by atoms with E-state index in [0.29, 0.717) is 0 Å². The number of rotatable bonds is 6. The van der Waals surface area contributed by atoms with Crippen molar-refractivity contribution < 1.29 is 23.0 Å². The number of fused-ring (bicyclic) bond motifs is 8. The van der Waals surface area contributed by atoms with Gasteiger partial charge in [0.05, 0.1) is 28.2 Å². The molecule has 304 valence electrons. The maximum absolute atomic E-state index is 12.9. The van der Waals surface area contributed by atoms with Crippen molar-refractivity contribution in [2.45, 2.75) is 11.8 Å². The van der Waals surface area contributed by atoms with Crippen LogP contribution in [0.25, 0.3) is 33.4 Å². The Bertz CT molecular complexity index is 3080. The minimum atomic E-state index is -4.75. The predicted molar refractivity (Wildman–Crippen MR) is 246 cm³/mol. The van der Waals surface area contributed by atoms with Crippen molar-refractivity contribution in [3.05, 3.63) is 241 Å². The van der Waals surface area contributed by atoms with E-state index in [1.807, 2.05) is 30.3 Å². The van der Waals surface area contributed by atoms with E-state index in [2.05, 4.69) is 166 Å². The fourth-order valence-corrected chi connectivity index (χ4v) is 9.59. The maximum atomic E-state index is 12.9. The van der Waals surface area contributed by atoms with Gasteiger partial charge in [-0.05, 0) is 134 Å². The van der Waals surface area contributed by atoms with Gasteiger partial charge in [0.2, 0.25) is 0 Å². The number of para-hydroxylation sites is 3. The Kier molecular flexibility index (Phi) is 8.94. The Morgan fingerprint density at radius 3 is 1.19 bits per heavy atom. The van der Waals surface area contributed by atoms with E-state index in [1.165, 1.54) is 12.1 Å². The van der Waals surface area contributed by atoms with Crippen LogP contribution in [-0.2, 0) is 5.41 Å². The van der Waals surface area contributed by atoms with Gasteiger partial charge in [0.15, 0.2) is 0 Å². The van der Waals surface area contributed by atoms with E-state index < -0.39 is 11.8 Å². The van der Waals surface area contributed by atoms with Crippen LogP contribution in [0.1, 0.15) is 22.3 Å². The molecule has 2 heterocycles. The summed E-state index contributed by atoms with van der Waals surface area (Å²) in [6.45, 7) is 0. The molecule has 1 spiro atoms. The maximum Gasteiger partial charge on any atom is 0.573 e. The third-order valence-corrected chi connectivity index (χ3v) is 12.3. The Hall–Kier alpha value is -8.03. The molecule has 11 rings (SSSR count). The minimum Gasteiger partial charge on any atom is -0.508 e. The number of hydrogen-bond acceptors (Lipinski definition) is 4. The van der Waals surface area contributed by atoms with Gasteiger partial charge in [-0.2, -0.15) is 0 Å². The molecule has 2 aliphatic heterocycles. The second-order valence-corrected chi connectivity index (χ2v) is 15.8. The second kappa shape index (κ2) is 14.9. The van der Waals surface area contributed by atoms with E-state index in [9.17, 15) is 18.3 Å². The number of halogens is 3. The van der Waals surface area contributed by atoms with E-state index in [1.54, 1.807) is 24.3 Å². The summed E-state index contributed by atoms with van der Waals surface area (Å²) in [5.41, 5.74) is 16.0. The lowest BCUT2D eigenvalue weighted by Crippen LogP contribution is -2.42. The van der Waals surface area contributed by atoms with Gasteiger partial charge >= 0.3 is 6.36 Å². The number of alkyl halides is 3. The highest BCUT2D eigenvalue weighted by molar-refractivity contribution is 5.97. The van der Waals surface area contributed by atoms with E-state index in [0.717, 1.165) is 89.8 Å². The van der Waals surface area contributed by atoms with Crippen LogP contribution >= 0.6 is 0 Å². The first-order valence-corrected chi connectivity index (χ1v) is 20.7. The van der Waals surface area contributed by atoms with Crippen LogP contribution in [-0.4, -0.2) is 11.5 Å². The minimum absolute atomic E-state index is 0.234. The number of ether oxygens (including phenoxy) is 1. The van der Waals surface area contributed by atoms with Gasteiger partial charge in [-0.15, -0.1) is 13.2 Å². The van der Waals surface area contributed by atoms with Gasteiger partial charge in [0.1, 0.15) is 11.5 Å². The zero-order chi connectivity index (χ0) is 42.7. The smallest absolute Gasteiger partial charge is 0.508 e. The Balaban J connectivity index is 1.10. The summed E-state index contributed by atoms with van der Waals surface area (Å²) >= 11 is 0. The monoisotopic (exact) mass is 826 g/mol. The van der Waals surface area contributed by atoms with Crippen LogP contribution in [0.4, 0.5) is 47.3 Å². The average Bonchev–Trinajstić information content (AvgIpc) is 3.32. The highest BCUT2D eigenvalue weighted by Crippen LogP contribution is 2.64. The molecule has 0 aromatic heterocycles. The number of benzene rings is 9. The molecule has 7 heteroatoms. The zero-order valence-electron chi connectivity index (χ0n) is 33.7. The molecule has 0 aliphatic carbocycles. The molecule has 0 fully saturated rings. The largest absolute Gasteiger partial charge is 0.573 e. The van der Waals surface area contributed by atoms with Crippen LogP contribution in [0.2, 0.25) is 0 Å². The molecule has 0 amide bonds. The number of anilines is 6. The van der Waals surface area contributed by atoms with Crippen molar-refractivity contribution >= 4 is 34.1 Å². The molecule has 0 bridgehead atoms. The average molecular weight is 827 g/mol. The van der Waals surface area contributed by atoms with Crippen molar-refractivity contribution in [3.63, 3.8) is 0 Å². The number of nitrogens with zero attached hydrogens (tertiary/aromatic N) is 2. The standard InChI is InChI=1S/C56H37F3N2O2/c57-56(58,59)63-46-33-24-41(25-34-46)39-20-27-43(28-21-39)60-51-15-7-4-12-47(51)55(48-13-5-8-16-52(48)60)49-14-6-9-17-53(49)61(44-29-18-38(19-30-44)40-22-31-45(62)32-23-40)54-35-26-42(36-50(54)55)37-10-2-1-3-11-37/h1-36,62H. The molecule has 9 aromatic rings. The first-order valence-electron chi connectivity index (χ1n) is 20.7. The van der Waals surface area contributed by atoms with Crippen molar-refractivity contribution in [2.24, 2.45) is 0 Å². The Labute approximate surface area is 363 Å². The van der Waals surface area contributed by atoms with Crippen molar-refractivity contribution in [1.29, 1.82) is 0 Å². The first kappa shape index (κ1) is 37.9. The van der Waals surface area contributed by atoms with Gasteiger partial charge in [0, 0.05) is 11.4 Å². The molecule has 0 unspecified atom stereocenters. The SMILES string of the molecule is Oc1ccc(-c2ccc(N3c4ccccc4C4(c5ccccc5N(c5ccc(-c6ccc(OC(F)(F)F)cc6)cc5)c5ccccc54)c4cc(-c5ccccc5)ccc43)cc2)cc1. The van der Waals surface area contributed by atoms with Crippen molar-refractivity contribution in [1.82, 2.24) is 0 Å². The summed E-state index contributed by atoms with van der Waals surface area (Å²) in [7, 11) is 0. The number of phenols is 1. The summed E-state index contributed by atoms with van der Waals surface area (Å²) in [6, 6.07) is 73.4. The molecule has 9 aromatic carbocycles. The highest BCUT2D eigenvalue weighted by Gasteiger charge is 2.52. The van der Waals surface area contributed by atoms with Crippen molar-refractivity contribution in [3.8, 4) is 44.9 Å². The van der Waals surface area contributed by atoms with Crippen LogP contribution < -0.4 is 14.5 Å². The fourth-order valence-electron chi connectivity index (χ4n) is 9.59. The lowest BCUT2D eigenvalue weighted by atomic mass is 9.60. The topological polar surface area (TPSA) is 35.9 Å². The molecule has 0 saturated heterocycles. The van der Waals surface area contributed by atoms with E-state index >= 15 is 0 Å². The second-order valence-electron chi connectivity index (χ2n) is 15.8. The molecule has 0 radical (unpaired) electrons. The van der Waals surface area contributed by atoms with Gasteiger partial charge in [-0.3, -0.25) is 0 Å². The molecular weight excluding hydrogens is 790 g/mol. The third kappa shape index (κ3) is 6.40. The quantitative estimate of drug-likeness (QED) is 0.181. The van der Waals surface area contributed by atoms with Gasteiger partial charge in [-0.25, -0.2) is 0 Å². The normalized spacial score (nSPS) is 13.4. The molecule has 2 aliphatic rings. The lowest BCUT2D eigenvalue weighted by molar-refractivity contribution is -0.274. The molecule has 63 heavy (non-hydrogen) atoms. The van der Waals surface area contributed by atoms with Gasteiger partial charge in [0.25, 0.3) is 0 Å². The summed E-state index contributed by atoms with van der Waals surface area (Å²) < 4.78 is 42.7. The summed E-state index contributed by atoms with van der Waals surface area (Å²) in [5, 5.41) is 9.94.